The average molecular weight is 518 g/mol. The van der Waals surface area contributed by atoms with Gasteiger partial charge in [-0.1, -0.05) is 42.0 Å². The normalized spacial score (nSPS) is 18.9. The minimum atomic E-state index is -1.53. The minimum absolute atomic E-state index is 0.166. The summed E-state index contributed by atoms with van der Waals surface area (Å²) in [5.74, 6) is -2.06. The quantitative estimate of drug-likeness (QED) is 0.294. The molecule has 38 heavy (non-hydrogen) atoms. The molecule has 1 fully saturated rings. The second-order valence-corrected chi connectivity index (χ2v) is 10.6. The molecule has 8 nitrogen and oxygen atoms in total. The van der Waals surface area contributed by atoms with Crippen LogP contribution in [0.2, 0.25) is 0 Å². The summed E-state index contributed by atoms with van der Waals surface area (Å²) < 4.78 is 0. The highest BCUT2D eigenvalue weighted by molar-refractivity contribution is 6.10. The number of nitrogens with one attached hydrogen (secondary N) is 3. The van der Waals surface area contributed by atoms with Gasteiger partial charge in [-0.05, 0) is 93.3 Å². The maximum Gasteiger partial charge on any atom is 0.329 e. The number of anilines is 2. The highest BCUT2D eigenvalue weighted by Gasteiger charge is 2.44. The Morgan fingerprint density at radius 3 is 2.03 bits per heavy atom. The smallest absolute Gasteiger partial charge is 0.329 e. The van der Waals surface area contributed by atoms with Crippen molar-refractivity contribution < 1.29 is 24.6 Å². The first kappa shape index (κ1) is 27.1. The van der Waals surface area contributed by atoms with Gasteiger partial charge in [-0.3, -0.25) is 4.79 Å². The number of aryl methyl sites for hydroxylation is 3. The number of aliphatic hydroxyl groups excluding tert-OH is 1. The van der Waals surface area contributed by atoms with Crippen molar-refractivity contribution in [1.82, 2.24) is 5.32 Å². The molecule has 0 bridgehead atoms. The van der Waals surface area contributed by atoms with Gasteiger partial charge >= 0.3 is 12.0 Å². The van der Waals surface area contributed by atoms with Gasteiger partial charge in [0.2, 0.25) is 0 Å². The fourth-order valence-electron chi connectivity index (χ4n) is 5.46. The zero-order valence-corrected chi connectivity index (χ0v) is 22.2. The summed E-state index contributed by atoms with van der Waals surface area (Å²) in [7, 11) is 0. The fraction of sp³-hybridized carbons (Fsp3) is 0.367. The monoisotopic (exact) mass is 517 g/mol. The summed E-state index contributed by atoms with van der Waals surface area (Å²) in [4.78, 5) is 39.1. The van der Waals surface area contributed by atoms with E-state index in [2.05, 4.69) is 16.0 Å². The third-order valence-corrected chi connectivity index (χ3v) is 7.62. The van der Waals surface area contributed by atoms with E-state index >= 15 is 0 Å². The molecule has 0 saturated heterocycles. The summed E-state index contributed by atoms with van der Waals surface area (Å²) in [6.07, 6.45) is 1.51. The topological polar surface area (TPSA) is 128 Å². The molecular weight excluding hydrogens is 482 g/mol. The molecule has 3 aromatic carbocycles. The zero-order valence-electron chi connectivity index (χ0n) is 22.2. The lowest BCUT2D eigenvalue weighted by Gasteiger charge is -2.38. The van der Waals surface area contributed by atoms with Crippen LogP contribution >= 0.6 is 0 Å². The maximum atomic E-state index is 13.6. The Kier molecular flexibility index (Phi) is 7.73. The molecule has 3 aromatic rings. The second kappa shape index (κ2) is 10.8. The van der Waals surface area contributed by atoms with Crippen LogP contribution in [0.15, 0.2) is 48.5 Å². The van der Waals surface area contributed by atoms with Gasteiger partial charge in [0.1, 0.15) is 5.54 Å². The lowest BCUT2D eigenvalue weighted by molar-refractivity contribution is -0.147. The van der Waals surface area contributed by atoms with Crippen LogP contribution < -0.4 is 16.0 Å². The van der Waals surface area contributed by atoms with E-state index in [4.69, 9.17) is 0 Å². The third-order valence-electron chi connectivity index (χ3n) is 7.62. The van der Waals surface area contributed by atoms with Crippen molar-refractivity contribution >= 4 is 40.1 Å². The van der Waals surface area contributed by atoms with Gasteiger partial charge in [0, 0.05) is 5.69 Å². The van der Waals surface area contributed by atoms with Crippen LogP contribution in [0, 0.1) is 26.7 Å². The standard InChI is InChI=1S/C30H35N3O5/c1-17-13-18(2)26(19(3)14-17)32-29(38)31-25-16-21-8-6-5-7-20(21)15-24(25)27(35)33-30(4,28(36)37)22-9-11-23(34)12-10-22/h5-8,13-16,22-23,34H,9-12H2,1-4H3,(H,33,35)(H,36,37)(H2,31,32,38)/t22?,23?,30-/m0/s1. The number of carboxylic acid groups (broad SMARTS) is 1. The van der Waals surface area contributed by atoms with Crippen LogP contribution in [0.25, 0.3) is 10.8 Å². The highest BCUT2D eigenvalue weighted by atomic mass is 16.4. The number of urea groups is 1. The molecule has 0 aromatic heterocycles. The SMILES string of the molecule is Cc1cc(C)c(NC(=O)Nc2cc3ccccc3cc2C(=O)N[C@](C)(C(=O)O)C2CCC(O)CC2)c(C)c1. The van der Waals surface area contributed by atoms with Crippen LogP contribution in [0.1, 0.15) is 59.7 Å². The van der Waals surface area contributed by atoms with E-state index in [0.29, 0.717) is 31.4 Å². The molecule has 200 valence electrons. The Bertz CT molecular complexity index is 1370. The molecule has 0 unspecified atom stereocenters. The molecule has 1 aliphatic rings. The second-order valence-electron chi connectivity index (χ2n) is 10.6. The van der Waals surface area contributed by atoms with E-state index < -0.39 is 29.6 Å². The summed E-state index contributed by atoms with van der Waals surface area (Å²) in [6.45, 7) is 7.34. The molecule has 0 spiro atoms. The average Bonchev–Trinajstić information content (AvgIpc) is 2.86. The van der Waals surface area contributed by atoms with Crippen LogP contribution in [0.4, 0.5) is 16.2 Å². The Morgan fingerprint density at radius 1 is 0.868 bits per heavy atom. The van der Waals surface area contributed by atoms with Gasteiger partial charge in [0.05, 0.1) is 17.4 Å². The van der Waals surface area contributed by atoms with E-state index in [1.807, 2.05) is 57.2 Å². The highest BCUT2D eigenvalue weighted by Crippen LogP contribution is 2.34. The van der Waals surface area contributed by atoms with Crippen molar-refractivity contribution in [3.63, 3.8) is 0 Å². The van der Waals surface area contributed by atoms with Crippen LogP contribution in [-0.4, -0.2) is 39.8 Å². The van der Waals surface area contributed by atoms with E-state index in [1.54, 1.807) is 12.1 Å². The number of amides is 3. The predicted molar refractivity (Wildman–Crippen MR) is 149 cm³/mol. The molecule has 1 saturated carbocycles. The zero-order chi connectivity index (χ0) is 27.6. The van der Waals surface area contributed by atoms with E-state index in [9.17, 15) is 24.6 Å². The van der Waals surface area contributed by atoms with Crippen LogP contribution in [0.5, 0.6) is 0 Å². The number of rotatable bonds is 6. The van der Waals surface area contributed by atoms with E-state index in [0.717, 1.165) is 27.5 Å². The number of aliphatic hydroxyl groups is 1. The van der Waals surface area contributed by atoms with Gasteiger partial charge < -0.3 is 26.2 Å². The van der Waals surface area contributed by atoms with E-state index in [1.165, 1.54) is 6.92 Å². The van der Waals surface area contributed by atoms with Crippen LogP contribution in [0.3, 0.4) is 0 Å². The molecule has 0 aliphatic heterocycles. The molecule has 0 heterocycles. The molecule has 8 heteroatoms. The number of aliphatic carboxylic acids is 1. The Labute approximate surface area is 222 Å². The maximum absolute atomic E-state index is 13.6. The number of fused-ring (bicyclic) bond motifs is 1. The summed E-state index contributed by atoms with van der Waals surface area (Å²) in [5.41, 5.74) is 2.53. The molecule has 3 amide bonds. The first-order chi connectivity index (χ1) is 18.0. The number of carbonyl (C=O) groups excluding carboxylic acids is 2. The minimum Gasteiger partial charge on any atom is -0.480 e. The van der Waals surface area contributed by atoms with Crippen molar-refractivity contribution in [2.75, 3.05) is 10.6 Å². The van der Waals surface area contributed by atoms with Gasteiger partial charge in [-0.2, -0.15) is 0 Å². The molecule has 0 radical (unpaired) electrons. The molecule has 1 aliphatic carbocycles. The van der Waals surface area contributed by atoms with Crippen molar-refractivity contribution in [2.24, 2.45) is 5.92 Å². The number of hydrogen-bond acceptors (Lipinski definition) is 4. The Morgan fingerprint density at radius 2 is 1.45 bits per heavy atom. The number of carbonyl (C=O) groups is 3. The van der Waals surface area contributed by atoms with E-state index in [-0.39, 0.29) is 17.2 Å². The first-order valence-corrected chi connectivity index (χ1v) is 12.9. The molecule has 1 atom stereocenters. The van der Waals surface area contributed by atoms with Crippen molar-refractivity contribution in [2.45, 2.75) is 65.0 Å². The largest absolute Gasteiger partial charge is 0.480 e. The van der Waals surface area contributed by atoms with Crippen molar-refractivity contribution in [3.05, 3.63) is 70.8 Å². The Balaban J connectivity index is 1.65. The molecular formula is C30H35N3O5. The van der Waals surface area contributed by atoms with Crippen LogP contribution in [-0.2, 0) is 4.79 Å². The van der Waals surface area contributed by atoms with Crippen molar-refractivity contribution in [1.29, 1.82) is 0 Å². The van der Waals surface area contributed by atoms with Gasteiger partial charge in [-0.25, -0.2) is 9.59 Å². The number of hydrogen-bond donors (Lipinski definition) is 5. The van der Waals surface area contributed by atoms with Crippen molar-refractivity contribution in [3.8, 4) is 0 Å². The number of benzene rings is 3. The summed E-state index contributed by atoms with van der Waals surface area (Å²) in [5, 5.41) is 30.1. The van der Waals surface area contributed by atoms with Gasteiger partial charge in [0.25, 0.3) is 5.91 Å². The van der Waals surface area contributed by atoms with Gasteiger partial charge in [0.15, 0.2) is 0 Å². The van der Waals surface area contributed by atoms with Gasteiger partial charge in [-0.15, -0.1) is 0 Å². The fourth-order valence-corrected chi connectivity index (χ4v) is 5.46. The summed E-state index contributed by atoms with van der Waals surface area (Å²) >= 11 is 0. The lowest BCUT2D eigenvalue weighted by atomic mass is 9.74. The first-order valence-electron chi connectivity index (χ1n) is 12.9. The third kappa shape index (κ3) is 5.65. The Hall–Kier alpha value is -3.91. The summed E-state index contributed by atoms with van der Waals surface area (Å²) in [6, 6.07) is 14.3. The lowest BCUT2D eigenvalue weighted by Crippen LogP contribution is -2.58. The molecule has 4 rings (SSSR count). The predicted octanol–water partition coefficient (Wildman–Crippen LogP) is 5.53. The number of carboxylic acids is 1. The molecule has 5 N–H and O–H groups in total.